The number of sulfonamides is 1. The quantitative estimate of drug-likeness (QED) is 0.708. The first-order valence-electron chi connectivity index (χ1n) is 5.49. The molecule has 3 rings (SSSR count). The van der Waals surface area contributed by atoms with Crippen molar-refractivity contribution in [2.45, 2.75) is 5.03 Å². The molecule has 3 heterocycles. The van der Waals surface area contributed by atoms with Gasteiger partial charge in [-0.3, -0.25) is 9.82 Å². The van der Waals surface area contributed by atoms with Crippen molar-refractivity contribution in [3.05, 3.63) is 43.2 Å². The molecule has 0 aromatic carbocycles. The zero-order valence-electron chi connectivity index (χ0n) is 10.0. The highest BCUT2D eigenvalue weighted by Gasteiger charge is 2.18. The second-order valence-corrected chi connectivity index (χ2v) is 5.39. The molecule has 0 fully saturated rings. The molecule has 0 aliphatic heterocycles. The minimum absolute atomic E-state index is 0.0362. The molecule has 0 unspecified atom stereocenters. The monoisotopic (exact) mass is 291 g/mol. The Labute approximate surface area is 113 Å². The Bertz CT molecular complexity index is 796. The van der Waals surface area contributed by atoms with Gasteiger partial charge in [-0.25, -0.2) is 14.6 Å². The third-order valence-electron chi connectivity index (χ3n) is 2.43. The largest absolute Gasteiger partial charge is 0.278 e. The van der Waals surface area contributed by atoms with Crippen molar-refractivity contribution in [2.75, 3.05) is 4.72 Å². The van der Waals surface area contributed by atoms with Crippen molar-refractivity contribution in [2.24, 2.45) is 0 Å². The number of nitrogens with zero attached hydrogens (tertiary/aromatic N) is 5. The summed E-state index contributed by atoms with van der Waals surface area (Å²) in [4.78, 5) is 7.90. The van der Waals surface area contributed by atoms with Crippen molar-refractivity contribution >= 4 is 15.7 Å². The van der Waals surface area contributed by atoms with Crippen LogP contribution in [0.3, 0.4) is 0 Å². The summed E-state index contributed by atoms with van der Waals surface area (Å²) < 4.78 is 28.1. The Kier molecular flexibility index (Phi) is 2.91. The van der Waals surface area contributed by atoms with Gasteiger partial charge in [0.05, 0.1) is 11.9 Å². The summed E-state index contributed by atoms with van der Waals surface area (Å²) >= 11 is 0. The number of anilines is 1. The fourth-order valence-corrected chi connectivity index (χ4v) is 2.54. The van der Waals surface area contributed by atoms with Gasteiger partial charge in [0.2, 0.25) is 0 Å². The normalized spacial score (nSPS) is 11.4. The van der Waals surface area contributed by atoms with Gasteiger partial charge >= 0.3 is 0 Å². The summed E-state index contributed by atoms with van der Waals surface area (Å²) in [6.45, 7) is 0. The Morgan fingerprint density at radius 1 is 1.25 bits per heavy atom. The molecule has 0 amide bonds. The fourth-order valence-electron chi connectivity index (χ4n) is 1.57. The van der Waals surface area contributed by atoms with E-state index in [9.17, 15) is 8.42 Å². The van der Waals surface area contributed by atoms with Gasteiger partial charge < -0.3 is 0 Å². The molecule has 0 radical (unpaired) electrons. The molecule has 3 aromatic rings. The first-order valence-corrected chi connectivity index (χ1v) is 6.97. The molecule has 0 saturated carbocycles. The van der Waals surface area contributed by atoms with E-state index in [4.69, 9.17) is 0 Å². The van der Waals surface area contributed by atoms with E-state index >= 15 is 0 Å². The topological polar surface area (TPSA) is 118 Å². The molecule has 9 nitrogen and oxygen atoms in total. The zero-order valence-corrected chi connectivity index (χ0v) is 10.8. The van der Waals surface area contributed by atoms with Gasteiger partial charge in [0.25, 0.3) is 10.0 Å². The Morgan fingerprint density at radius 2 is 2.15 bits per heavy atom. The van der Waals surface area contributed by atoms with Crippen molar-refractivity contribution in [1.82, 2.24) is 29.9 Å². The summed E-state index contributed by atoms with van der Waals surface area (Å²) in [6, 6.07) is 4.55. The molecule has 10 heteroatoms. The summed E-state index contributed by atoms with van der Waals surface area (Å²) in [5.74, 6) is 0.327. The number of rotatable bonds is 4. The SMILES string of the molecule is O=S(=O)(Nc1cccnc1-n1cncn1)c1ccn[nH]1. The first kappa shape index (κ1) is 12.3. The molecule has 0 aliphatic carbocycles. The average molecular weight is 291 g/mol. The van der Waals surface area contributed by atoms with Crippen LogP contribution in [0.4, 0.5) is 5.69 Å². The van der Waals surface area contributed by atoms with Crippen LogP contribution in [0.25, 0.3) is 5.82 Å². The number of hydrogen-bond acceptors (Lipinski definition) is 6. The summed E-state index contributed by atoms with van der Waals surface area (Å²) in [7, 11) is -3.75. The minimum Gasteiger partial charge on any atom is -0.275 e. The molecule has 0 bridgehead atoms. The van der Waals surface area contributed by atoms with Gasteiger partial charge in [-0.1, -0.05) is 0 Å². The lowest BCUT2D eigenvalue weighted by atomic mass is 10.4. The zero-order chi connectivity index (χ0) is 14.0. The van der Waals surface area contributed by atoms with E-state index in [1.807, 2.05) is 0 Å². The van der Waals surface area contributed by atoms with Crippen LogP contribution in [-0.4, -0.2) is 38.4 Å². The maximum atomic E-state index is 12.1. The number of nitrogens with one attached hydrogen (secondary N) is 2. The molecule has 0 aliphatic rings. The highest BCUT2D eigenvalue weighted by molar-refractivity contribution is 7.92. The van der Waals surface area contributed by atoms with Crippen molar-refractivity contribution in [3.63, 3.8) is 0 Å². The summed E-state index contributed by atoms with van der Waals surface area (Å²) in [5.41, 5.74) is 0.285. The van der Waals surface area contributed by atoms with Crippen LogP contribution < -0.4 is 4.72 Å². The number of pyridine rings is 1. The van der Waals surface area contributed by atoms with Crippen LogP contribution in [0.15, 0.2) is 48.3 Å². The van der Waals surface area contributed by atoms with Gasteiger partial charge in [-0.05, 0) is 18.2 Å². The molecular weight excluding hydrogens is 282 g/mol. The van der Waals surface area contributed by atoms with Crippen LogP contribution in [0.1, 0.15) is 0 Å². The number of hydrogen-bond donors (Lipinski definition) is 2. The van der Waals surface area contributed by atoms with E-state index in [0.29, 0.717) is 5.82 Å². The van der Waals surface area contributed by atoms with Crippen LogP contribution >= 0.6 is 0 Å². The van der Waals surface area contributed by atoms with E-state index in [1.54, 1.807) is 12.1 Å². The van der Waals surface area contributed by atoms with E-state index in [2.05, 4.69) is 30.0 Å². The van der Waals surface area contributed by atoms with E-state index in [1.165, 1.54) is 35.8 Å². The van der Waals surface area contributed by atoms with Gasteiger partial charge in [-0.2, -0.15) is 18.6 Å². The highest BCUT2D eigenvalue weighted by Crippen LogP contribution is 2.19. The Balaban J connectivity index is 2.00. The predicted molar refractivity (Wildman–Crippen MR) is 68.6 cm³/mol. The highest BCUT2D eigenvalue weighted by atomic mass is 32.2. The van der Waals surface area contributed by atoms with Gasteiger partial charge in [0, 0.05) is 6.20 Å². The first-order chi connectivity index (χ1) is 9.67. The van der Waals surface area contributed by atoms with Crippen LogP contribution in [0.2, 0.25) is 0 Å². The fraction of sp³-hybridized carbons (Fsp3) is 0. The van der Waals surface area contributed by atoms with Crippen LogP contribution in [-0.2, 0) is 10.0 Å². The maximum Gasteiger partial charge on any atom is 0.278 e. The maximum absolute atomic E-state index is 12.1. The molecule has 102 valence electrons. The number of H-pyrrole nitrogens is 1. The smallest absolute Gasteiger partial charge is 0.275 e. The second-order valence-electron chi connectivity index (χ2n) is 3.74. The molecular formula is C10H9N7O2S. The minimum atomic E-state index is -3.75. The molecule has 0 spiro atoms. The molecule has 20 heavy (non-hydrogen) atoms. The predicted octanol–water partition coefficient (Wildman–Crippen LogP) is 0.186. The van der Waals surface area contributed by atoms with Crippen molar-refractivity contribution in [1.29, 1.82) is 0 Å². The lowest BCUT2D eigenvalue weighted by molar-refractivity contribution is 0.597. The van der Waals surface area contributed by atoms with Crippen molar-refractivity contribution in [3.8, 4) is 5.82 Å². The Morgan fingerprint density at radius 3 is 2.85 bits per heavy atom. The number of aromatic nitrogens is 6. The lowest BCUT2D eigenvalue weighted by Gasteiger charge is -2.09. The molecule has 2 N–H and O–H groups in total. The summed E-state index contributed by atoms with van der Waals surface area (Å²) in [6.07, 6.45) is 5.65. The third-order valence-corrected chi connectivity index (χ3v) is 3.73. The van der Waals surface area contributed by atoms with Crippen LogP contribution in [0, 0.1) is 0 Å². The van der Waals surface area contributed by atoms with Gasteiger partial charge in [-0.15, -0.1) is 0 Å². The van der Waals surface area contributed by atoms with Gasteiger partial charge in [0.1, 0.15) is 12.7 Å². The summed E-state index contributed by atoms with van der Waals surface area (Å²) in [5, 5.41) is 9.90. The standard InChI is InChI=1S/C10H9N7O2S/c18-20(19,9-3-5-13-15-9)16-8-2-1-4-12-10(8)17-7-11-6-14-17/h1-7,16H,(H,13,15). The third kappa shape index (κ3) is 2.23. The second kappa shape index (κ2) is 4.74. The average Bonchev–Trinajstić information content (AvgIpc) is 3.13. The van der Waals surface area contributed by atoms with E-state index in [0.717, 1.165) is 0 Å². The molecule has 0 atom stereocenters. The molecule has 0 saturated heterocycles. The van der Waals surface area contributed by atoms with E-state index in [-0.39, 0.29) is 10.7 Å². The van der Waals surface area contributed by atoms with Crippen molar-refractivity contribution < 1.29 is 8.42 Å². The van der Waals surface area contributed by atoms with Gasteiger partial charge in [0.15, 0.2) is 10.8 Å². The Hall–Kier alpha value is -2.75. The lowest BCUT2D eigenvalue weighted by Crippen LogP contribution is -2.16. The van der Waals surface area contributed by atoms with Crippen LogP contribution in [0.5, 0.6) is 0 Å². The number of aromatic amines is 1. The molecule has 3 aromatic heterocycles. The van der Waals surface area contributed by atoms with E-state index < -0.39 is 10.0 Å².